The number of hydrogen-bond donors (Lipinski definition) is 0. The molecule has 0 spiro atoms. The number of benzene rings is 1. The lowest BCUT2D eigenvalue weighted by Gasteiger charge is -2.10. The highest BCUT2D eigenvalue weighted by atomic mass is 127. The van der Waals surface area contributed by atoms with Gasteiger partial charge in [-0.3, -0.25) is 4.79 Å². The van der Waals surface area contributed by atoms with Crippen LogP contribution in [0.1, 0.15) is 10.4 Å². The van der Waals surface area contributed by atoms with Gasteiger partial charge < -0.3 is 0 Å². The van der Waals surface area contributed by atoms with Crippen molar-refractivity contribution in [2.75, 3.05) is 0 Å². The van der Waals surface area contributed by atoms with Crippen LogP contribution in [-0.4, -0.2) is 9.45 Å². The van der Waals surface area contributed by atoms with Crippen molar-refractivity contribution in [1.29, 1.82) is 0 Å². The fraction of sp³-hybridized carbons (Fsp3) is 0. The molecule has 1 rings (SSSR count). The molecule has 0 aromatic heterocycles. The minimum absolute atomic E-state index is 0.123. The Bertz CT molecular complexity index is 501. The van der Waals surface area contributed by atoms with Crippen LogP contribution < -0.4 is 0 Å². The van der Waals surface area contributed by atoms with Gasteiger partial charge in [0.2, 0.25) is 11.5 Å². The molecule has 0 amide bonds. The maximum atomic E-state index is 11.3. The highest BCUT2D eigenvalue weighted by molar-refractivity contribution is 14.1. The molecule has 0 aliphatic heterocycles. The molecule has 3 nitrogen and oxygen atoms in total. The zero-order valence-corrected chi connectivity index (χ0v) is 17.3. The fourth-order valence-electron chi connectivity index (χ4n) is 0.911. The summed E-state index contributed by atoms with van der Waals surface area (Å²) >= 11 is 13.9. The van der Waals surface area contributed by atoms with Gasteiger partial charge in [-0.05, 0) is 102 Å². The lowest BCUT2D eigenvalue weighted by Crippen LogP contribution is -2.03. The number of hydrogen-bond acceptors (Lipinski definition) is 3. The van der Waals surface area contributed by atoms with Crippen molar-refractivity contribution in [3.8, 4) is 0 Å². The molecule has 0 bridgehead atoms. The van der Waals surface area contributed by atoms with E-state index in [1.807, 2.05) is 22.6 Å². The van der Waals surface area contributed by atoms with Crippen LogP contribution in [0.3, 0.4) is 0 Å². The molecule has 1 aromatic rings. The van der Waals surface area contributed by atoms with E-state index in [0.717, 1.165) is 10.7 Å². The van der Waals surface area contributed by atoms with Gasteiger partial charge in [0.25, 0.3) is 5.24 Å². The summed E-state index contributed by atoms with van der Waals surface area (Å²) in [6.45, 7) is 0. The highest BCUT2D eigenvalue weighted by Gasteiger charge is 2.22. The predicted octanol–water partition coefficient (Wildman–Crippen LogP) is 4.51. The van der Waals surface area contributed by atoms with Crippen LogP contribution >= 0.6 is 102 Å². The molecule has 86 valence electrons. The van der Waals surface area contributed by atoms with Gasteiger partial charge >= 0.3 is 0 Å². The predicted molar refractivity (Wildman–Crippen MR) is 97.7 cm³/mol. The lowest BCUT2D eigenvalue weighted by molar-refractivity contribution is 0.107. The molecular weight excluding hydrogens is 705 g/mol. The minimum atomic E-state index is -0.532. The van der Waals surface area contributed by atoms with Crippen LogP contribution in [0.4, 0.5) is 5.69 Å². The molecule has 0 heterocycles. The van der Waals surface area contributed by atoms with E-state index in [2.05, 4.69) is 72.1 Å². The van der Waals surface area contributed by atoms with E-state index in [9.17, 15) is 9.00 Å². The first-order chi connectivity index (χ1) is 7.41. The Labute approximate surface area is 155 Å². The van der Waals surface area contributed by atoms with E-state index >= 15 is 0 Å². The Balaban J connectivity index is 3.79. The second-order valence-corrected chi connectivity index (χ2v) is 7.41. The van der Waals surface area contributed by atoms with Gasteiger partial charge in [-0.2, -0.15) is 8.57 Å². The largest absolute Gasteiger partial charge is 0.276 e. The Morgan fingerprint density at radius 3 is 2.06 bits per heavy atom. The molecule has 9 heteroatoms. The molecule has 0 unspecified atom stereocenters. The monoisotopic (exact) mass is 705 g/mol. The van der Waals surface area contributed by atoms with Crippen molar-refractivity contribution in [3.05, 3.63) is 19.8 Å². The van der Waals surface area contributed by atoms with E-state index in [1.54, 1.807) is 0 Å². The molecule has 0 aliphatic carbocycles. The summed E-state index contributed by atoms with van der Waals surface area (Å²) in [5.74, 6) is 0. The summed E-state index contributed by atoms with van der Waals surface area (Å²) < 4.78 is 17.4. The van der Waals surface area contributed by atoms with Gasteiger partial charge in [-0.25, -0.2) is 0 Å². The third-order valence-corrected chi connectivity index (χ3v) is 8.33. The van der Waals surface area contributed by atoms with Crippen molar-refractivity contribution in [1.82, 2.24) is 0 Å². The van der Waals surface area contributed by atoms with Gasteiger partial charge in [0.05, 0.1) is 12.7 Å². The number of carbonyl (C=O) groups excluding carboxylic acids is 1. The third kappa shape index (κ3) is 3.27. The minimum Gasteiger partial charge on any atom is -0.276 e. The van der Waals surface area contributed by atoms with Gasteiger partial charge in [0, 0.05) is 7.14 Å². The average Bonchev–Trinajstić information content (AvgIpc) is 2.21. The zero-order valence-electron chi connectivity index (χ0n) is 7.06. The van der Waals surface area contributed by atoms with Gasteiger partial charge in [-0.15, -0.1) is 0 Å². The molecule has 0 atom stereocenters. The molecule has 1 aromatic carbocycles. The first-order valence-corrected chi connectivity index (χ1v) is 8.86. The van der Waals surface area contributed by atoms with Crippen molar-refractivity contribution >= 4 is 124 Å². The van der Waals surface area contributed by atoms with Crippen molar-refractivity contribution in [2.45, 2.75) is 0 Å². The van der Waals surface area contributed by atoms with Gasteiger partial charge in [-0.1, -0.05) is 0 Å². The Morgan fingerprint density at radius 2 is 1.62 bits per heavy atom. The van der Waals surface area contributed by atoms with Crippen LogP contribution in [0.2, 0.25) is 0 Å². The van der Waals surface area contributed by atoms with Crippen LogP contribution in [0, 0.1) is 14.3 Å². The standard InChI is InChI=1S/C7ClI4NO2S/c8-7(14)1-2(9)4(11)5(12)6(3(1)10)13-16-15. The number of nitrogens with zero attached hydrogens (tertiary/aromatic N) is 1. The second-order valence-electron chi connectivity index (χ2n) is 2.42. The molecule has 16 heavy (non-hydrogen) atoms. The fourth-order valence-corrected chi connectivity index (χ4v) is 6.43. The topological polar surface area (TPSA) is 46.5 Å². The lowest BCUT2D eigenvalue weighted by atomic mass is 10.2. The second kappa shape index (κ2) is 6.91. The maximum absolute atomic E-state index is 11.3. The molecule has 0 radical (unpaired) electrons. The van der Waals surface area contributed by atoms with E-state index in [0.29, 0.717) is 14.8 Å². The third-order valence-electron chi connectivity index (χ3n) is 1.57. The van der Waals surface area contributed by atoms with Crippen LogP contribution in [0.15, 0.2) is 4.36 Å². The highest BCUT2D eigenvalue weighted by Crippen LogP contribution is 2.38. The van der Waals surface area contributed by atoms with Crippen LogP contribution in [0.5, 0.6) is 0 Å². The van der Waals surface area contributed by atoms with Crippen LogP contribution in [0.25, 0.3) is 0 Å². The van der Waals surface area contributed by atoms with E-state index in [-0.39, 0.29) is 11.5 Å². The summed E-state index contributed by atoms with van der Waals surface area (Å²) in [6, 6.07) is 0. The Kier molecular flexibility index (Phi) is 6.89. The molecule has 0 fully saturated rings. The van der Waals surface area contributed by atoms with Crippen molar-refractivity contribution in [2.24, 2.45) is 4.36 Å². The normalized spacial score (nSPS) is 10.1. The molecular formula is C7ClI4NO2S. The van der Waals surface area contributed by atoms with E-state index in [4.69, 9.17) is 11.6 Å². The molecule has 0 saturated carbocycles. The summed E-state index contributed by atoms with van der Waals surface area (Å²) in [6.07, 6.45) is 0. The molecule has 0 saturated heterocycles. The van der Waals surface area contributed by atoms with Crippen molar-refractivity contribution < 1.29 is 9.00 Å². The maximum Gasteiger partial charge on any atom is 0.254 e. The smallest absolute Gasteiger partial charge is 0.254 e. The summed E-state index contributed by atoms with van der Waals surface area (Å²) in [7, 11) is 0. The zero-order chi connectivity index (χ0) is 12.5. The SMILES string of the molecule is O=S=Nc1c(I)c(I)c(I)c(C(=O)Cl)c1I. The number of halogens is 5. The number of carbonyl (C=O) groups is 1. The van der Waals surface area contributed by atoms with Crippen molar-refractivity contribution in [3.63, 3.8) is 0 Å². The summed E-state index contributed by atoms with van der Waals surface area (Å²) in [5.41, 5.74) is 0.940. The van der Waals surface area contributed by atoms with Crippen LogP contribution in [-0.2, 0) is 11.5 Å². The van der Waals surface area contributed by atoms with Gasteiger partial charge in [0.1, 0.15) is 5.69 Å². The van der Waals surface area contributed by atoms with Gasteiger partial charge in [0.15, 0.2) is 0 Å². The average molecular weight is 705 g/mol. The molecule has 0 N–H and O–H groups in total. The quantitative estimate of drug-likeness (QED) is 0.197. The first-order valence-electron chi connectivity index (χ1n) is 3.47. The first kappa shape index (κ1) is 16.0. The van der Waals surface area contributed by atoms with E-state index in [1.165, 1.54) is 0 Å². The molecule has 0 aliphatic rings. The Morgan fingerprint density at radius 1 is 1.06 bits per heavy atom. The summed E-state index contributed by atoms with van der Waals surface area (Å²) in [4.78, 5) is 11.3. The van der Waals surface area contributed by atoms with E-state index < -0.39 is 5.24 Å². The Hall–Kier alpha value is 1.92. The number of rotatable bonds is 2. The summed E-state index contributed by atoms with van der Waals surface area (Å²) in [5, 5.41) is -0.532.